The average Bonchev–Trinajstić information content (AvgIpc) is 2.81. The second kappa shape index (κ2) is 20.5. The van der Waals surface area contributed by atoms with Gasteiger partial charge in [-0.1, -0.05) is 24.8 Å². The standard InChI is InChI=1S/C14H28O3Si.C10H20O4Si/c1-4-15-18(16-5-2,17-6-3)13-12-14-10-8-7-9-11-14;1-8(2)9(11)14-6-5-7-15-10(12-3)13-4/h7-8,14H,4-6,9-13H2,1-3H3;10H,1,5-7,15H2,2-4H3. The van der Waals surface area contributed by atoms with Crippen LogP contribution in [0.15, 0.2) is 24.3 Å². The number of carbonyl (C=O) groups is 1. The van der Waals surface area contributed by atoms with E-state index in [9.17, 15) is 4.79 Å². The molecule has 1 aliphatic rings. The highest BCUT2D eigenvalue weighted by atomic mass is 28.4. The first kappa shape index (κ1) is 32.2. The van der Waals surface area contributed by atoms with E-state index in [0.29, 0.717) is 32.0 Å². The van der Waals surface area contributed by atoms with Gasteiger partial charge in [0.15, 0.2) is 0 Å². The minimum absolute atomic E-state index is 0.0261. The van der Waals surface area contributed by atoms with Crippen LogP contribution in [-0.4, -0.2) is 70.9 Å². The molecule has 0 fully saturated rings. The van der Waals surface area contributed by atoms with Gasteiger partial charge in [-0.05, 0) is 65.7 Å². The summed E-state index contributed by atoms with van der Waals surface area (Å²) in [5.74, 6) is 0.441. The Morgan fingerprint density at radius 1 is 1.09 bits per heavy atom. The molecule has 0 amide bonds. The lowest BCUT2D eigenvalue weighted by atomic mass is 9.92. The second-order valence-electron chi connectivity index (χ2n) is 7.98. The molecule has 0 heterocycles. The van der Waals surface area contributed by atoms with Gasteiger partial charge in [0.25, 0.3) is 0 Å². The van der Waals surface area contributed by atoms with Crippen molar-refractivity contribution in [1.29, 1.82) is 0 Å². The fourth-order valence-corrected chi connectivity index (χ4v) is 7.60. The van der Waals surface area contributed by atoms with E-state index in [4.69, 9.17) is 27.5 Å². The maximum atomic E-state index is 11.0. The summed E-state index contributed by atoms with van der Waals surface area (Å²) in [5.41, 5.74) is 0.443. The molecule has 7 nitrogen and oxygen atoms in total. The van der Waals surface area contributed by atoms with Crippen LogP contribution in [0.1, 0.15) is 59.8 Å². The van der Waals surface area contributed by atoms with Crippen LogP contribution in [0.3, 0.4) is 0 Å². The van der Waals surface area contributed by atoms with Gasteiger partial charge >= 0.3 is 14.8 Å². The molecule has 0 bridgehead atoms. The van der Waals surface area contributed by atoms with E-state index in [-0.39, 0.29) is 11.9 Å². The van der Waals surface area contributed by atoms with Crippen molar-refractivity contribution in [2.75, 3.05) is 40.6 Å². The van der Waals surface area contributed by atoms with Crippen molar-refractivity contribution in [2.45, 2.75) is 77.8 Å². The first-order valence-electron chi connectivity index (χ1n) is 12.3. The van der Waals surface area contributed by atoms with Gasteiger partial charge in [-0.15, -0.1) is 0 Å². The Bertz CT molecular complexity index is 522. The molecule has 0 spiro atoms. The van der Waals surface area contributed by atoms with Crippen LogP contribution >= 0.6 is 0 Å². The minimum atomic E-state index is -2.40. The summed E-state index contributed by atoms with van der Waals surface area (Å²) in [6.45, 7) is 13.7. The van der Waals surface area contributed by atoms with Crippen LogP contribution in [0.5, 0.6) is 0 Å². The number of ether oxygens (including phenoxy) is 3. The third-order valence-corrected chi connectivity index (χ3v) is 10.4. The van der Waals surface area contributed by atoms with Crippen molar-refractivity contribution in [3.05, 3.63) is 24.3 Å². The topological polar surface area (TPSA) is 72.5 Å². The van der Waals surface area contributed by atoms with Gasteiger partial charge < -0.3 is 27.5 Å². The number of methoxy groups -OCH3 is 2. The maximum absolute atomic E-state index is 11.0. The highest BCUT2D eigenvalue weighted by Gasteiger charge is 2.40. The van der Waals surface area contributed by atoms with Gasteiger partial charge in [0, 0.05) is 45.7 Å². The number of esters is 1. The highest BCUT2D eigenvalue weighted by molar-refractivity contribution is 6.60. The fourth-order valence-electron chi connectivity index (χ4n) is 3.53. The molecule has 1 rings (SSSR count). The van der Waals surface area contributed by atoms with Crippen molar-refractivity contribution in [3.8, 4) is 0 Å². The van der Waals surface area contributed by atoms with Crippen LogP contribution in [-0.2, 0) is 32.3 Å². The Labute approximate surface area is 205 Å². The normalized spacial score (nSPS) is 16.2. The van der Waals surface area contributed by atoms with Crippen LogP contribution in [0, 0.1) is 5.92 Å². The zero-order valence-corrected chi connectivity index (χ0v) is 24.3. The van der Waals surface area contributed by atoms with E-state index in [1.54, 1.807) is 21.1 Å². The molecule has 0 aromatic rings. The smallest absolute Gasteiger partial charge is 0.462 e. The summed E-state index contributed by atoms with van der Waals surface area (Å²) in [5, 5.41) is 0. The highest BCUT2D eigenvalue weighted by Crippen LogP contribution is 2.28. The molecule has 9 heteroatoms. The van der Waals surface area contributed by atoms with Crippen LogP contribution in [0.4, 0.5) is 0 Å². The quantitative estimate of drug-likeness (QED) is 0.0724. The van der Waals surface area contributed by atoms with Gasteiger partial charge in [-0.25, -0.2) is 4.79 Å². The maximum Gasteiger partial charge on any atom is 0.500 e. The zero-order chi connectivity index (χ0) is 25.0. The molecule has 0 aromatic heterocycles. The Morgan fingerprint density at radius 3 is 2.15 bits per heavy atom. The molecule has 1 aliphatic carbocycles. The lowest BCUT2D eigenvalue weighted by Gasteiger charge is -2.30. The lowest BCUT2D eigenvalue weighted by molar-refractivity contribution is -0.138. The molecule has 1 unspecified atom stereocenters. The predicted octanol–water partition coefficient (Wildman–Crippen LogP) is 4.44. The molecule has 0 aromatic carbocycles. The summed E-state index contributed by atoms with van der Waals surface area (Å²) in [6.07, 6.45) is 10.3. The second-order valence-corrected chi connectivity index (χ2v) is 12.7. The number of carbonyl (C=O) groups excluding carboxylic acids is 1. The molecule has 0 N–H and O–H groups in total. The summed E-state index contributed by atoms with van der Waals surface area (Å²) in [7, 11) is 0.482. The third kappa shape index (κ3) is 15.7. The minimum Gasteiger partial charge on any atom is -0.462 e. The molecule has 194 valence electrons. The fraction of sp³-hybridized carbons (Fsp3) is 0.792. The molecule has 1 atom stereocenters. The molecule has 0 saturated carbocycles. The van der Waals surface area contributed by atoms with Crippen LogP contribution in [0.2, 0.25) is 12.1 Å². The number of rotatable bonds is 17. The van der Waals surface area contributed by atoms with Gasteiger partial charge in [-0.2, -0.15) is 0 Å². The van der Waals surface area contributed by atoms with Crippen molar-refractivity contribution < 1.29 is 32.3 Å². The first-order chi connectivity index (χ1) is 15.9. The van der Waals surface area contributed by atoms with E-state index in [2.05, 4.69) is 18.7 Å². The molecule has 0 saturated heterocycles. The van der Waals surface area contributed by atoms with Crippen LogP contribution in [0.25, 0.3) is 0 Å². The Morgan fingerprint density at radius 2 is 1.70 bits per heavy atom. The summed E-state index contributed by atoms with van der Waals surface area (Å²) in [6, 6.07) is 2.00. The van der Waals surface area contributed by atoms with E-state index in [1.807, 2.05) is 20.8 Å². The molecule has 0 radical (unpaired) electrons. The summed E-state index contributed by atoms with van der Waals surface area (Å²) >= 11 is 0. The zero-order valence-electron chi connectivity index (χ0n) is 21.9. The van der Waals surface area contributed by atoms with Crippen molar-refractivity contribution in [2.24, 2.45) is 5.92 Å². The predicted molar refractivity (Wildman–Crippen MR) is 138 cm³/mol. The molecular weight excluding hydrogens is 456 g/mol. The van der Waals surface area contributed by atoms with E-state index in [1.165, 1.54) is 19.3 Å². The Balaban J connectivity index is 0.000000633. The van der Waals surface area contributed by atoms with Crippen molar-refractivity contribution >= 4 is 24.3 Å². The molecule has 33 heavy (non-hydrogen) atoms. The molecular formula is C24H48O7Si2. The monoisotopic (exact) mass is 504 g/mol. The van der Waals surface area contributed by atoms with E-state index >= 15 is 0 Å². The first-order valence-corrected chi connectivity index (χ1v) is 16.1. The lowest BCUT2D eigenvalue weighted by Crippen LogP contribution is -2.46. The van der Waals surface area contributed by atoms with Crippen molar-refractivity contribution in [3.63, 3.8) is 0 Å². The third-order valence-electron chi connectivity index (χ3n) is 5.27. The Hall–Kier alpha value is -0.816. The number of allylic oxidation sites excluding steroid dienone is 2. The van der Waals surface area contributed by atoms with Crippen molar-refractivity contribution in [1.82, 2.24) is 0 Å². The average molecular weight is 505 g/mol. The number of hydrogen-bond acceptors (Lipinski definition) is 7. The van der Waals surface area contributed by atoms with Crippen LogP contribution < -0.4 is 0 Å². The molecule has 0 aliphatic heterocycles. The van der Waals surface area contributed by atoms with E-state index in [0.717, 1.165) is 30.8 Å². The van der Waals surface area contributed by atoms with E-state index < -0.39 is 18.3 Å². The van der Waals surface area contributed by atoms with Gasteiger partial charge in [-0.3, -0.25) is 0 Å². The van der Waals surface area contributed by atoms with Gasteiger partial charge in [0.05, 0.1) is 16.1 Å². The van der Waals surface area contributed by atoms with Gasteiger partial charge in [0.1, 0.15) is 5.91 Å². The summed E-state index contributed by atoms with van der Waals surface area (Å²) in [4.78, 5) is 11.0. The summed E-state index contributed by atoms with van der Waals surface area (Å²) < 4.78 is 32.8. The Kier molecular flexibility index (Phi) is 20.0. The SMILES string of the molecule is C=C(C)C(=O)OCCC[SiH2]C(OC)OC.CCO[Si](CCC1CC=CCC1)(OCC)OCC. The van der Waals surface area contributed by atoms with Gasteiger partial charge in [0.2, 0.25) is 0 Å². The largest absolute Gasteiger partial charge is 0.500 e. The number of hydrogen-bond donors (Lipinski definition) is 0.